The van der Waals surface area contributed by atoms with Crippen LogP contribution in [0.1, 0.15) is 22.3 Å². The number of urea groups is 1. The number of hydrogen-bond donors (Lipinski definition) is 2. The molecule has 6 aromatic carbocycles. The van der Waals surface area contributed by atoms with Crippen molar-refractivity contribution in [3.05, 3.63) is 131 Å². The van der Waals surface area contributed by atoms with E-state index in [-0.39, 0.29) is 148 Å². The first-order valence-electron chi connectivity index (χ1n) is 17.3. The maximum atomic E-state index is 12.8. The number of nitrogens with zero attached hydrogens (tertiary/aromatic N) is 6. The predicted octanol–water partition coefficient (Wildman–Crippen LogP) is -4.25. The third kappa shape index (κ3) is 16.3. The number of nitrogens with one attached hydrogen (secondary N) is 2. The van der Waals surface area contributed by atoms with Gasteiger partial charge in [0.25, 0.3) is 0 Å². The zero-order valence-electron chi connectivity index (χ0n) is 35.3. The molecule has 0 aliphatic rings. The average molecular weight is 943 g/mol. The van der Waals surface area contributed by atoms with Crippen LogP contribution in [0, 0.1) is 13.8 Å². The summed E-state index contributed by atoms with van der Waals surface area (Å²) in [6, 6.07) is 26.3. The van der Waals surface area contributed by atoms with Crippen LogP contribution in [0.5, 0.6) is 0 Å². The molecule has 0 unspecified atom stereocenters. The Bertz CT molecular complexity index is 2900. The molecule has 25 heteroatoms. The van der Waals surface area contributed by atoms with Gasteiger partial charge in [-0.25, -0.2) is 21.6 Å². The minimum Gasteiger partial charge on any atom is -0.744 e. The summed E-state index contributed by atoms with van der Waals surface area (Å²) in [5, 5.41) is 51.8. The third-order valence-corrected chi connectivity index (χ3v) is 10.2. The average Bonchev–Trinajstić information content (AvgIpc) is 3.19. The zero-order chi connectivity index (χ0) is 43.0. The molecule has 2 amide bonds. The molecular formula is C39H30N8Na4O11S2. The van der Waals surface area contributed by atoms with Gasteiger partial charge in [-0.2, -0.15) is 30.7 Å². The van der Waals surface area contributed by atoms with Crippen LogP contribution in [0.15, 0.2) is 150 Å². The molecule has 0 saturated heterocycles. The number of amides is 2. The molecule has 308 valence electrons. The molecule has 0 saturated carbocycles. The Labute approximate surface area is 455 Å². The van der Waals surface area contributed by atoms with Crippen molar-refractivity contribution < 1.29 is 169 Å². The van der Waals surface area contributed by atoms with Gasteiger partial charge in [0.1, 0.15) is 20.2 Å². The maximum absolute atomic E-state index is 12.8. The van der Waals surface area contributed by atoms with Crippen molar-refractivity contribution >= 4 is 82.5 Å². The summed E-state index contributed by atoms with van der Waals surface area (Å²) < 4.78 is 70.1. The molecule has 0 spiro atoms. The van der Waals surface area contributed by atoms with Crippen LogP contribution >= 0.6 is 0 Å². The van der Waals surface area contributed by atoms with Crippen molar-refractivity contribution in [3.63, 3.8) is 0 Å². The molecule has 6 rings (SSSR count). The van der Waals surface area contributed by atoms with Gasteiger partial charge in [-0.1, -0.05) is 12.1 Å². The molecular weight excluding hydrogens is 913 g/mol. The van der Waals surface area contributed by atoms with Gasteiger partial charge in [-0.3, -0.25) is 0 Å². The smallest absolute Gasteiger partial charge is 0.744 e. The van der Waals surface area contributed by atoms with Gasteiger partial charge >= 0.3 is 124 Å². The topological polar surface area (TPSA) is 294 Å². The zero-order valence-corrected chi connectivity index (χ0v) is 44.9. The second-order valence-electron chi connectivity index (χ2n) is 13.0. The minimum atomic E-state index is -5.19. The Balaban J connectivity index is 0.00000352. The summed E-state index contributed by atoms with van der Waals surface area (Å²) in [5.41, 5.74) is 6.14. The number of carbonyl (C=O) groups excluding carboxylic acids is 1. The number of hydrogen-bond acceptors (Lipinski definition) is 17. The van der Waals surface area contributed by atoms with E-state index in [2.05, 4.69) is 51.1 Å². The van der Waals surface area contributed by atoms with Crippen molar-refractivity contribution in [2.75, 3.05) is 10.6 Å². The molecule has 0 heterocycles. The summed E-state index contributed by atoms with van der Waals surface area (Å²) in [7, 11) is -10.2. The molecule has 0 atom stereocenters. The first-order valence-corrected chi connectivity index (χ1v) is 20.2. The molecule has 6 aromatic rings. The predicted molar refractivity (Wildman–Crippen MR) is 210 cm³/mol. The van der Waals surface area contributed by atoms with Crippen molar-refractivity contribution in [1.82, 2.24) is 0 Å². The number of rotatable bonds is 14. The van der Waals surface area contributed by atoms with Gasteiger partial charge < -0.3 is 40.0 Å². The Morgan fingerprint density at radius 1 is 0.531 bits per heavy atom. The molecule has 0 aliphatic heterocycles. The second-order valence-corrected chi connectivity index (χ2v) is 15.7. The number of aryl methyl sites for hydroxylation is 2. The fourth-order valence-corrected chi connectivity index (χ4v) is 7.03. The SMILES string of the molecule is Cc1cc(N=Nc2ccc(NC(=O)Nc3ccc4cc(S(=O)(=O)[O-])cc(S(=O)(=O)[O-])c4c3)cc2C)ccc1N=Nc1ccc(N=Nc2cc(CO[O-])cc(CO[O-])c2)cc1.[Na+].[Na+].[Na+].[Na+]. The molecule has 19 nitrogen and oxygen atoms in total. The third-order valence-electron chi connectivity index (χ3n) is 8.51. The largest absolute Gasteiger partial charge is 1.00 e. The first kappa shape index (κ1) is 57.4. The van der Waals surface area contributed by atoms with Crippen molar-refractivity contribution in [2.24, 2.45) is 30.7 Å². The molecule has 0 aliphatic carbocycles. The van der Waals surface area contributed by atoms with Crippen LogP contribution in [-0.4, -0.2) is 32.0 Å². The molecule has 64 heavy (non-hydrogen) atoms. The summed E-state index contributed by atoms with van der Waals surface area (Å²) in [5.74, 6) is 0. The number of anilines is 2. The molecule has 0 aromatic heterocycles. The van der Waals surface area contributed by atoms with Crippen LogP contribution in [0.3, 0.4) is 0 Å². The molecule has 0 fully saturated rings. The normalized spacial score (nSPS) is 11.5. The van der Waals surface area contributed by atoms with Crippen LogP contribution in [0.2, 0.25) is 0 Å². The van der Waals surface area contributed by atoms with E-state index in [0.29, 0.717) is 62.6 Å². The quantitative estimate of drug-likeness (QED) is 0.0347. The van der Waals surface area contributed by atoms with Gasteiger partial charge in [-0.05, 0) is 139 Å². The number of benzene rings is 6. The summed E-state index contributed by atoms with van der Waals surface area (Å²) in [4.78, 5) is 18.9. The van der Waals surface area contributed by atoms with E-state index in [1.807, 2.05) is 6.92 Å². The fraction of sp³-hybridized carbons (Fsp3) is 0.103. The van der Waals surface area contributed by atoms with Crippen LogP contribution < -0.4 is 139 Å². The van der Waals surface area contributed by atoms with E-state index in [1.54, 1.807) is 85.8 Å². The fourth-order valence-electron chi connectivity index (χ4n) is 5.71. The number of carbonyl (C=O) groups is 1. The van der Waals surface area contributed by atoms with E-state index in [0.717, 1.165) is 11.6 Å². The monoisotopic (exact) mass is 942 g/mol. The summed E-state index contributed by atoms with van der Waals surface area (Å²) in [6.45, 7) is 3.20. The minimum absolute atomic E-state index is 0. The Kier molecular flexibility index (Phi) is 23.3. The van der Waals surface area contributed by atoms with Gasteiger partial charge in [0.15, 0.2) is 0 Å². The van der Waals surface area contributed by atoms with Crippen molar-refractivity contribution in [1.29, 1.82) is 0 Å². The maximum Gasteiger partial charge on any atom is 1.00 e. The van der Waals surface area contributed by atoms with Crippen molar-refractivity contribution in [3.8, 4) is 0 Å². The Hall–Kier alpha value is -2.69. The van der Waals surface area contributed by atoms with E-state index in [9.17, 15) is 41.3 Å². The first-order chi connectivity index (χ1) is 28.6. The molecule has 2 N–H and O–H groups in total. The Morgan fingerprint density at radius 2 is 1.00 bits per heavy atom. The van der Waals surface area contributed by atoms with Crippen LogP contribution in [0.25, 0.3) is 10.8 Å². The van der Waals surface area contributed by atoms with Gasteiger partial charge in [0, 0.05) is 16.8 Å². The Morgan fingerprint density at radius 3 is 1.52 bits per heavy atom. The molecule has 0 radical (unpaired) electrons. The van der Waals surface area contributed by atoms with E-state index < -0.39 is 36.1 Å². The summed E-state index contributed by atoms with van der Waals surface area (Å²) >= 11 is 0. The number of fused-ring (bicyclic) bond motifs is 1. The van der Waals surface area contributed by atoms with E-state index in [4.69, 9.17) is 0 Å². The van der Waals surface area contributed by atoms with Gasteiger partial charge in [0.05, 0.1) is 57.1 Å². The van der Waals surface area contributed by atoms with E-state index in [1.165, 1.54) is 18.2 Å². The van der Waals surface area contributed by atoms with Crippen LogP contribution in [-0.2, 0) is 43.2 Å². The van der Waals surface area contributed by atoms with Crippen LogP contribution in [0.4, 0.5) is 50.3 Å². The van der Waals surface area contributed by atoms with E-state index >= 15 is 0 Å². The van der Waals surface area contributed by atoms with Gasteiger partial charge in [0.2, 0.25) is 0 Å². The number of azo groups is 3. The molecule has 0 bridgehead atoms. The summed E-state index contributed by atoms with van der Waals surface area (Å²) in [6.07, 6.45) is 0. The van der Waals surface area contributed by atoms with Gasteiger partial charge in [-0.15, -0.1) is 0 Å². The second kappa shape index (κ2) is 26.0. The standard InChI is InChI=1S/C39H34N8O11S2.4Na/c1-23-13-30(40-39(48)41-31-4-3-27-18-34(59(51,52)53)20-38(35(27)19-31)60(54,55)56)9-11-36(23)47-44-32-10-12-37(24(2)14-32)46-43-29-7-5-28(6-8-29)42-45-33-16-25(21-57-49)15-26(17-33)22-58-50;;;;/h3-20,49-50H,21-22H2,1-2H3,(H2,40,41,48)(H,51,52,53)(H,54,55,56);;;;/q;4*+1/p-4. The van der Waals surface area contributed by atoms with Crippen molar-refractivity contribution in [2.45, 2.75) is 36.9 Å².